The number of rotatable bonds is 5. The Balaban J connectivity index is 1.66. The van der Waals surface area contributed by atoms with Crippen LogP contribution in [0.1, 0.15) is 66.8 Å². The summed E-state index contributed by atoms with van der Waals surface area (Å²) in [4.78, 5) is 0. The van der Waals surface area contributed by atoms with Crippen LogP contribution in [0.25, 0.3) is 0 Å². The van der Waals surface area contributed by atoms with Gasteiger partial charge in [-0.15, -0.1) is 0 Å². The molecular formula is C23H29N. The molecular weight excluding hydrogens is 290 g/mol. The second kappa shape index (κ2) is 6.72. The monoisotopic (exact) mass is 319 g/mol. The summed E-state index contributed by atoms with van der Waals surface area (Å²) in [6.07, 6.45) is 8.95. The molecule has 2 aromatic rings. The Labute approximate surface area is 146 Å². The second-order valence-corrected chi connectivity index (χ2v) is 7.64. The molecule has 1 N–H and O–H groups in total. The average Bonchev–Trinajstić information content (AvgIpc) is 3.09. The molecule has 1 fully saturated rings. The van der Waals surface area contributed by atoms with Crippen LogP contribution in [0.2, 0.25) is 0 Å². The minimum absolute atomic E-state index is 0.213. The Kier molecular flexibility index (Phi) is 4.45. The Hall–Kier alpha value is -1.60. The fourth-order valence-corrected chi connectivity index (χ4v) is 4.81. The van der Waals surface area contributed by atoms with Crippen LogP contribution in [-0.4, -0.2) is 13.1 Å². The molecule has 1 nitrogen and oxygen atoms in total. The van der Waals surface area contributed by atoms with Gasteiger partial charge in [-0.1, -0.05) is 68.7 Å². The number of hydrogen-bond acceptors (Lipinski definition) is 1. The van der Waals surface area contributed by atoms with Gasteiger partial charge in [-0.05, 0) is 60.0 Å². The second-order valence-electron chi connectivity index (χ2n) is 7.64. The summed E-state index contributed by atoms with van der Waals surface area (Å²) in [6.45, 7) is 4.50. The van der Waals surface area contributed by atoms with Crippen LogP contribution in [0.15, 0.2) is 42.5 Å². The maximum atomic E-state index is 3.63. The molecule has 1 saturated heterocycles. The van der Waals surface area contributed by atoms with Crippen molar-refractivity contribution in [3.63, 3.8) is 0 Å². The van der Waals surface area contributed by atoms with Gasteiger partial charge in [-0.2, -0.15) is 0 Å². The maximum absolute atomic E-state index is 3.63. The van der Waals surface area contributed by atoms with Crippen LogP contribution in [0.5, 0.6) is 0 Å². The van der Waals surface area contributed by atoms with Gasteiger partial charge in [0, 0.05) is 12.0 Å². The molecule has 0 radical (unpaired) electrons. The fraction of sp³-hybridized carbons (Fsp3) is 0.478. The van der Waals surface area contributed by atoms with E-state index >= 15 is 0 Å². The molecule has 2 aliphatic rings. The van der Waals surface area contributed by atoms with Crippen LogP contribution in [0.4, 0.5) is 0 Å². The van der Waals surface area contributed by atoms with E-state index in [1.54, 1.807) is 16.7 Å². The average molecular weight is 319 g/mol. The molecule has 1 aliphatic carbocycles. The van der Waals surface area contributed by atoms with Crippen molar-refractivity contribution in [1.82, 2.24) is 5.32 Å². The highest BCUT2D eigenvalue weighted by Gasteiger charge is 2.42. The summed E-state index contributed by atoms with van der Waals surface area (Å²) in [6, 6.07) is 16.5. The van der Waals surface area contributed by atoms with Crippen LogP contribution >= 0.6 is 0 Å². The smallest absolute Gasteiger partial charge is 0.0345 e. The zero-order valence-electron chi connectivity index (χ0n) is 14.9. The largest absolute Gasteiger partial charge is 0.315 e. The van der Waals surface area contributed by atoms with E-state index in [-0.39, 0.29) is 5.41 Å². The minimum Gasteiger partial charge on any atom is -0.315 e. The summed E-state index contributed by atoms with van der Waals surface area (Å²) in [7, 11) is 0. The van der Waals surface area contributed by atoms with Crippen molar-refractivity contribution < 1.29 is 0 Å². The molecule has 1 unspecified atom stereocenters. The molecule has 0 amide bonds. The highest BCUT2D eigenvalue weighted by Crippen LogP contribution is 2.45. The third kappa shape index (κ3) is 2.69. The summed E-state index contributed by atoms with van der Waals surface area (Å²) in [5, 5.41) is 3.63. The predicted molar refractivity (Wildman–Crippen MR) is 102 cm³/mol. The summed E-state index contributed by atoms with van der Waals surface area (Å²) in [5.41, 5.74) is 8.01. The van der Waals surface area contributed by atoms with E-state index in [4.69, 9.17) is 0 Å². The van der Waals surface area contributed by atoms with E-state index < -0.39 is 0 Å². The lowest BCUT2D eigenvalue weighted by molar-refractivity contribution is 0.547. The Morgan fingerprint density at radius 1 is 0.958 bits per heavy atom. The molecule has 0 bridgehead atoms. The topological polar surface area (TPSA) is 12.0 Å². The normalized spacial score (nSPS) is 21.7. The highest BCUT2D eigenvalue weighted by molar-refractivity contribution is 5.55. The molecule has 4 rings (SSSR count). The molecule has 0 aromatic heterocycles. The SMILES string of the molecule is CCCCCCc1ccc2c(c1)Cc1ccccc1C21CCNC1. The molecule has 1 heterocycles. The molecule has 1 spiro atoms. The molecule has 1 heteroatoms. The first-order chi connectivity index (χ1) is 11.8. The number of unbranched alkanes of at least 4 members (excludes halogenated alkanes) is 3. The van der Waals surface area contributed by atoms with Crippen molar-refractivity contribution in [3.8, 4) is 0 Å². The van der Waals surface area contributed by atoms with Crippen LogP contribution in [0.3, 0.4) is 0 Å². The molecule has 2 aromatic carbocycles. The van der Waals surface area contributed by atoms with E-state index in [0.29, 0.717) is 0 Å². The number of aryl methyl sites for hydroxylation is 1. The van der Waals surface area contributed by atoms with Crippen molar-refractivity contribution in [2.45, 2.75) is 57.3 Å². The van der Waals surface area contributed by atoms with Crippen molar-refractivity contribution in [3.05, 3.63) is 70.3 Å². The minimum atomic E-state index is 0.213. The van der Waals surface area contributed by atoms with Crippen molar-refractivity contribution in [2.75, 3.05) is 13.1 Å². The number of nitrogens with one attached hydrogen (secondary N) is 1. The van der Waals surface area contributed by atoms with E-state index in [1.165, 1.54) is 49.7 Å². The molecule has 1 atom stereocenters. The van der Waals surface area contributed by atoms with E-state index in [2.05, 4.69) is 54.7 Å². The fourth-order valence-electron chi connectivity index (χ4n) is 4.81. The molecule has 126 valence electrons. The zero-order chi connectivity index (χ0) is 16.4. The van der Waals surface area contributed by atoms with Gasteiger partial charge >= 0.3 is 0 Å². The predicted octanol–water partition coefficient (Wildman–Crippen LogP) is 4.99. The lowest BCUT2D eigenvalue weighted by Gasteiger charge is -2.38. The maximum Gasteiger partial charge on any atom is 0.0345 e. The first kappa shape index (κ1) is 15.9. The van der Waals surface area contributed by atoms with Gasteiger partial charge in [-0.3, -0.25) is 0 Å². The van der Waals surface area contributed by atoms with E-state index in [9.17, 15) is 0 Å². The number of hydrogen-bond donors (Lipinski definition) is 1. The van der Waals surface area contributed by atoms with Gasteiger partial charge < -0.3 is 5.32 Å². The highest BCUT2D eigenvalue weighted by atomic mass is 14.9. The van der Waals surface area contributed by atoms with Crippen LogP contribution in [0, 0.1) is 0 Å². The third-order valence-corrected chi connectivity index (χ3v) is 6.07. The first-order valence-electron chi connectivity index (χ1n) is 9.75. The van der Waals surface area contributed by atoms with E-state index in [1.807, 2.05) is 0 Å². The molecule has 0 saturated carbocycles. The summed E-state index contributed by atoms with van der Waals surface area (Å²) >= 11 is 0. The first-order valence-corrected chi connectivity index (χ1v) is 9.75. The third-order valence-electron chi connectivity index (χ3n) is 6.07. The quantitative estimate of drug-likeness (QED) is 0.765. The lowest BCUT2D eigenvalue weighted by atomic mass is 9.66. The van der Waals surface area contributed by atoms with Gasteiger partial charge in [0.25, 0.3) is 0 Å². The van der Waals surface area contributed by atoms with Gasteiger partial charge in [0.2, 0.25) is 0 Å². The standard InChI is InChI=1S/C23H29N/c1-2-3-4-5-8-18-11-12-22-20(15-18)16-19-9-6-7-10-21(19)23(22)13-14-24-17-23/h6-7,9-12,15,24H,2-5,8,13-14,16-17H2,1H3. The van der Waals surface area contributed by atoms with Crippen molar-refractivity contribution in [1.29, 1.82) is 0 Å². The van der Waals surface area contributed by atoms with Gasteiger partial charge in [0.1, 0.15) is 0 Å². The number of benzene rings is 2. The van der Waals surface area contributed by atoms with Crippen molar-refractivity contribution >= 4 is 0 Å². The van der Waals surface area contributed by atoms with Crippen LogP contribution < -0.4 is 5.32 Å². The summed E-state index contributed by atoms with van der Waals surface area (Å²) in [5.74, 6) is 0. The number of fused-ring (bicyclic) bond motifs is 4. The Morgan fingerprint density at radius 3 is 2.67 bits per heavy atom. The molecule has 1 aliphatic heterocycles. The lowest BCUT2D eigenvalue weighted by Crippen LogP contribution is -2.35. The van der Waals surface area contributed by atoms with Gasteiger partial charge in [0.05, 0.1) is 0 Å². The Bertz CT molecular complexity index is 710. The van der Waals surface area contributed by atoms with Gasteiger partial charge in [0.15, 0.2) is 0 Å². The molecule has 24 heavy (non-hydrogen) atoms. The van der Waals surface area contributed by atoms with Crippen LogP contribution in [-0.2, 0) is 18.3 Å². The van der Waals surface area contributed by atoms with Gasteiger partial charge in [-0.25, -0.2) is 0 Å². The summed E-state index contributed by atoms with van der Waals surface area (Å²) < 4.78 is 0. The van der Waals surface area contributed by atoms with Crippen molar-refractivity contribution in [2.24, 2.45) is 0 Å². The Morgan fingerprint density at radius 2 is 1.83 bits per heavy atom. The van der Waals surface area contributed by atoms with E-state index in [0.717, 1.165) is 19.5 Å². The zero-order valence-corrected chi connectivity index (χ0v) is 14.9.